The van der Waals surface area contributed by atoms with Crippen molar-refractivity contribution in [2.45, 2.75) is 0 Å². The fourth-order valence-corrected chi connectivity index (χ4v) is 7.91. The van der Waals surface area contributed by atoms with Crippen molar-refractivity contribution >= 4 is 54.3 Å². The molecule has 2 heterocycles. The molecule has 0 aliphatic carbocycles. The van der Waals surface area contributed by atoms with Crippen LogP contribution in [0.5, 0.6) is 0 Å². The van der Waals surface area contributed by atoms with Gasteiger partial charge in [-0.3, -0.25) is 0 Å². The van der Waals surface area contributed by atoms with Gasteiger partial charge in [0.05, 0.1) is 0 Å². The maximum atomic E-state index is 6.51. The summed E-state index contributed by atoms with van der Waals surface area (Å²) in [6, 6.07) is 65.9. The highest BCUT2D eigenvalue weighted by molar-refractivity contribution is 6.13. The van der Waals surface area contributed by atoms with E-state index in [1.165, 1.54) is 27.3 Å². The zero-order chi connectivity index (χ0) is 36.3. The van der Waals surface area contributed by atoms with Crippen LogP contribution in [0.4, 0.5) is 0 Å². The summed E-state index contributed by atoms with van der Waals surface area (Å²) in [5.74, 6) is 1.83. The Balaban J connectivity index is 1.11. The Morgan fingerprint density at radius 2 is 0.855 bits per heavy atom. The fourth-order valence-electron chi connectivity index (χ4n) is 7.91. The molecular formula is C51H31N3O. The first-order valence-corrected chi connectivity index (χ1v) is 18.5. The molecule has 0 fully saturated rings. The number of hydrogen-bond donors (Lipinski definition) is 0. The van der Waals surface area contributed by atoms with Crippen LogP contribution < -0.4 is 0 Å². The number of rotatable bonds is 5. The molecule has 0 aliphatic heterocycles. The standard InChI is InChI=1S/C51H31N3O/c1-3-10-32(11-4-1)37-24-26-42-39(28-37)21-19-35-20-23-41(30-45(35)42)50-52-49(40-22-18-34-14-7-8-15-36(34)29-40)53-51(54-50)44-16-9-17-46-48(44)43-27-25-38(31-47(43)55-46)33-12-5-2-6-13-33/h1-31H. The van der Waals surface area contributed by atoms with Gasteiger partial charge in [0.1, 0.15) is 11.2 Å². The minimum atomic E-state index is 0.596. The molecule has 0 unspecified atom stereocenters. The van der Waals surface area contributed by atoms with Crippen molar-refractivity contribution in [2.24, 2.45) is 0 Å². The quantitative estimate of drug-likeness (QED) is 0.168. The highest BCUT2D eigenvalue weighted by Gasteiger charge is 2.19. The first-order valence-electron chi connectivity index (χ1n) is 18.5. The van der Waals surface area contributed by atoms with E-state index in [9.17, 15) is 0 Å². The molecule has 256 valence electrons. The highest BCUT2D eigenvalue weighted by Crippen LogP contribution is 2.39. The van der Waals surface area contributed by atoms with E-state index in [2.05, 4.69) is 170 Å². The molecule has 9 aromatic carbocycles. The molecule has 55 heavy (non-hydrogen) atoms. The van der Waals surface area contributed by atoms with Gasteiger partial charge >= 0.3 is 0 Å². The SMILES string of the molecule is c1ccc(-c2ccc3c(ccc4ccc(-c5nc(-c6ccc7ccccc7c6)nc(-c6cccc7oc8cc(-c9ccccc9)ccc8c67)n5)cc43)c2)cc1. The van der Waals surface area contributed by atoms with Crippen LogP contribution in [0.2, 0.25) is 0 Å². The summed E-state index contributed by atoms with van der Waals surface area (Å²) in [7, 11) is 0. The van der Waals surface area contributed by atoms with Gasteiger partial charge in [-0.15, -0.1) is 0 Å². The molecule has 0 amide bonds. The molecule has 0 saturated heterocycles. The number of nitrogens with zero attached hydrogens (tertiary/aromatic N) is 3. The molecule has 4 heteroatoms. The third-order valence-corrected chi connectivity index (χ3v) is 10.7. The lowest BCUT2D eigenvalue weighted by Crippen LogP contribution is -2.00. The number of hydrogen-bond acceptors (Lipinski definition) is 4. The Labute approximate surface area is 317 Å². The zero-order valence-corrected chi connectivity index (χ0v) is 29.6. The van der Waals surface area contributed by atoms with Crippen LogP contribution >= 0.6 is 0 Å². The molecule has 0 N–H and O–H groups in total. The van der Waals surface area contributed by atoms with Crippen LogP contribution in [0, 0.1) is 0 Å². The van der Waals surface area contributed by atoms with Gasteiger partial charge in [0.2, 0.25) is 0 Å². The number of furan rings is 1. The van der Waals surface area contributed by atoms with Crippen LogP contribution in [0.25, 0.3) is 111 Å². The summed E-state index contributed by atoms with van der Waals surface area (Å²) in [5, 5.41) is 9.00. The molecule has 0 saturated carbocycles. The predicted molar refractivity (Wildman–Crippen MR) is 227 cm³/mol. The van der Waals surface area contributed by atoms with Gasteiger partial charge < -0.3 is 4.42 Å². The van der Waals surface area contributed by atoms with E-state index in [1.54, 1.807) is 0 Å². The summed E-state index contributed by atoms with van der Waals surface area (Å²) in [6.07, 6.45) is 0. The Morgan fingerprint density at radius 3 is 1.62 bits per heavy atom. The van der Waals surface area contributed by atoms with Gasteiger partial charge in [0.25, 0.3) is 0 Å². The third-order valence-electron chi connectivity index (χ3n) is 10.7. The van der Waals surface area contributed by atoms with Gasteiger partial charge in [-0.2, -0.15) is 0 Å². The number of benzene rings is 9. The first-order chi connectivity index (χ1) is 27.2. The maximum absolute atomic E-state index is 6.51. The van der Waals surface area contributed by atoms with E-state index in [0.717, 1.165) is 65.9 Å². The van der Waals surface area contributed by atoms with Crippen LogP contribution in [-0.4, -0.2) is 15.0 Å². The summed E-state index contributed by atoms with van der Waals surface area (Å²) in [4.78, 5) is 15.6. The van der Waals surface area contributed by atoms with Crippen LogP contribution in [-0.2, 0) is 0 Å². The topological polar surface area (TPSA) is 51.8 Å². The Morgan fingerprint density at radius 1 is 0.291 bits per heavy atom. The van der Waals surface area contributed by atoms with E-state index >= 15 is 0 Å². The second-order valence-electron chi connectivity index (χ2n) is 14.0. The smallest absolute Gasteiger partial charge is 0.164 e. The molecule has 0 aliphatic rings. The minimum absolute atomic E-state index is 0.596. The van der Waals surface area contributed by atoms with Gasteiger partial charge in [-0.25, -0.2) is 15.0 Å². The summed E-state index contributed by atoms with van der Waals surface area (Å²) in [5.41, 5.74) is 9.02. The largest absolute Gasteiger partial charge is 0.456 e. The van der Waals surface area contributed by atoms with Gasteiger partial charge in [-0.05, 0) is 91.0 Å². The molecule has 0 bridgehead atoms. The van der Waals surface area contributed by atoms with Crippen LogP contribution in [0.3, 0.4) is 0 Å². The fraction of sp³-hybridized carbons (Fsp3) is 0. The summed E-state index contributed by atoms with van der Waals surface area (Å²) in [6.45, 7) is 0. The van der Waals surface area contributed by atoms with E-state index in [-0.39, 0.29) is 0 Å². The molecule has 11 rings (SSSR count). The second kappa shape index (κ2) is 12.6. The van der Waals surface area contributed by atoms with E-state index in [1.807, 2.05) is 18.2 Å². The second-order valence-corrected chi connectivity index (χ2v) is 14.0. The van der Waals surface area contributed by atoms with Crippen molar-refractivity contribution in [3.63, 3.8) is 0 Å². The third kappa shape index (κ3) is 5.43. The first kappa shape index (κ1) is 31.1. The molecule has 2 aromatic heterocycles. The lowest BCUT2D eigenvalue weighted by Gasteiger charge is -2.11. The lowest BCUT2D eigenvalue weighted by atomic mass is 9.96. The summed E-state index contributed by atoms with van der Waals surface area (Å²) < 4.78 is 6.51. The average Bonchev–Trinajstić information content (AvgIpc) is 3.64. The molecule has 0 spiro atoms. The van der Waals surface area contributed by atoms with E-state index < -0.39 is 0 Å². The Bertz CT molecular complexity index is 3260. The monoisotopic (exact) mass is 701 g/mol. The molecule has 0 atom stereocenters. The van der Waals surface area contributed by atoms with E-state index in [4.69, 9.17) is 19.4 Å². The molecule has 11 aromatic rings. The highest BCUT2D eigenvalue weighted by atomic mass is 16.3. The number of aromatic nitrogens is 3. The van der Waals surface area contributed by atoms with Crippen molar-refractivity contribution in [3.05, 3.63) is 188 Å². The normalized spacial score (nSPS) is 11.6. The van der Waals surface area contributed by atoms with Crippen LogP contribution in [0.1, 0.15) is 0 Å². The van der Waals surface area contributed by atoms with Crippen molar-refractivity contribution in [2.75, 3.05) is 0 Å². The van der Waals surface area contributed by atoms with Crippen molar-refractivity contribution in [3.8, 4) is 56.4 Å². The van der Waals surface area contributed by atoms with Crippen molar-refractivity contribution in [1.82, 2.24) is 15.0 Å². The Kier molecular flexibility index (Phi) is 7.14. The lowest BCUT2D eigenvalue weighted by molar-refractivity contribution is 0.669. The van der Waals surface area contributed by atoms with Gasteiger partial charge in [-0.1, -0.05) is 152 Å². The summed E-state index contributed by atoms with van der Waals surface area (Å²) >= 11 is 0. The van der Waals surface area contributed by atoms with Gasteiger partial charge in [0, 0.05) is 27.5 Å². The average molecular weight is 702 g/mol. The van der Waals surface area contributed by atoms with Crippen molar-refractivity contribution in [1.29, 1.82) is 0 Å². The van der Waals surface area contributed by atoms with Crippen molar-refractivity contribution < 1.29 is 4.42 Å². The maximum Gasteiger partial charge on any atom is 0.164 e. The molecular weight excluding hydrogens is 671 g/mol. The minimum Gasteiger partial charge on any atom is -0.456 e. The molecule has 0 radical (unpaired) electrons. The molecule has 4 nitrogen and oxygen atoms in total. The van der Waals surface area contributed by atoms with Crippen LogP contribution in [0.15, 0.2) is 192 Å². The zero-order valence-electron chi connectivity index (χ0n) is 29.6. The number of fused-ring (bicyclic) bond motifs is 7. The van der Waals surface area contributed by atoms with E-state index in [0.29, 0.717) is 17.5 Å². The predicted octanol–water partition coefficient (Wildman–Crippen LogP) is 13.6. The van der Waals surface area contributed by atoms with Gasteiger partial charge in [0.15, 0.2) is 17.5 Å². The Hall–Kier alpha value is -7.43.